The summed E-state index contributed by atoms with van der Waals surface area (Å²) in [5.74, 6) is -0.112. The predicted molar refractivity (Wildman–Crippen MR) is 111 cm³/mol. The number of halogens is 1. The molecule has 2 amide bonds. The fraction of sp³-hybridized carbons (Fsp3) is 0.333. The van der Waals surface area contributed by atoms with Gasteiger partial charge in [-0.25, -0.2) is 0 Å². The lowest BCUT2D eigenvalue weighted by atomic mass is 9.96. The minimum Gasteiger partial charge on any atom is -0.341 e. The van der Waals surface area contributed by atoms with Crippen LogP contribution in [0.2, 0.25) is 5.02 Å². The van der Waals surface area contributed by atoms with Crippen molar-refractivity contribution in [3.63, 3.8) is 0 Å². The number of hydrogen-bond donors (Lipinski definition) is 1. The Morgan fingerprint density at radius 3 is 2.56 bits per heavy atom. The van der Waals surface area contributed by atoms with E-state index in [-0.39, 0.29) is 23.0 Å². The van der Waals surface area contributed by atoms with Gasteiger partial charge in [-0.3, -0.25) is 9.59 Å². The Morgan fingerprint density at radius 1 is 1.15 bits per heavy atom. The van der Waals surface area contributed by atoms with E-state index in [2.05, 4.69) is 5.32 Å². The van der Waals surface area contributed by atoms with E-state index in [0.29, 0.717) is 18.1 Å². The van der Waals surface area contributed by atoms with Gasteiger partial charge in [-0.15, -0.1) is 11.8 Å². The lowest BCUT2D eigenvalue weighted by Crippen LogP contribution is -2.46. The molecule has 2 unspecified atom stereocenters. The first-order valence-corrected chi connectivity index (χ1v) is 10.4. The molecular formula is C21H23ClN2O2S. The molecule has 2 aromatic carbocycles. The maximum absolute atomic E-state index is 12.8. The molecule has 6 heteroatoms. The quantitative estimate of drug-likeness (QED) is 0.737. The average molecular weight is 403 g/mol. The molecule has 3 rings (SSSR count). The molecule has 142 valence electrons. The van der Waals surface area contributed by atoms with E-state index in [0.717, 1.165) is 23.4 Å². The number of hydrogen-bond acceptors (Lipinski definition) is 3. The minimum absolute atomic E-state index is 0.0169. The molecule has 1 N–H and O–H groups in total. The Labute approximate surface area is 169 Å². The molecule has 27 heavy (non-hydrogen) atoms. The van der Waals surface area contributed by atoms with Crippen LogP contribution in [0.4, 0.5) is 5.69 Å². The van der Waals surface area contributed by atoms with Crippen LogP contribution in [0.5, 0.6) is 0 Å². The molecule has 4 nitrogen and oxygen atoms in total. The smallest absolute Gasteiger partial charge is 0.235 e. The van der Waals surface area contributed by atoms with Crippen molar-refractivity contribution in [1.82, 2.24) is 4.90 Å². The van der Waals surface area contributed by atoms with Crippen LogP contribution in [0, 0.1) is 5.92 Å². The summed E-state index contributed by atoms with van der Waals surface area (Å²) in [5, 5.41) is 3.43. The molecule has 2 aromatic rings. The summed E-state index contributed by atoms with van der Waals surface area (Å²) < 4.78 is 0. The number of rotatable bonds is 5. The zero-order valence-electron chi connectivity index (χ0n) is 15.2. The number of amides is 2. The number of carbonyl (C=O) groups excluding carboxylic acids is 2. The normalized spacial score (nSPS) is 18.0. The van der Waals surface area contributed by atoms with Gasteiger partial charge >= 0.3 is 0 Å². The molecule has 0 spiro atoms. The van der Waals surface area contributed by atoms with E-state index in [9.17, 15) is 9.59 Å². The molecule has 1 heterocycles. The fourth-order valence-corrected chi connectivity index (χ4v) is 4.26. The number of likely N-dealkylation sites (tertiary alicyclic amines) is 1. The van der Waals surface area contributed by atoms with E-state index in [1.54, 1.807) is 0 Å². The lowest BCUT2D eigenvalue weighted by molar-refractivity contribution is -0.133. The number of nitrogens with zero attached hydrogens (tertiary/aromatic N) is 1. The summed E-state index contributed by atoms with van der Waals surface area (Å²) in [4.78, 5) is 28.2. The van der Waals surface area contributed by atoms with Crippen molar-refractivity contribution >= 4 is 40.9 Å². The van der Waals surface area contributed by atoms with Gasteiger partial charge in [0, 0.05) is 28.7 Å². The van der Waals surface area contributed by atoms with Crippen molar-refractivity contribution < 1.29 is 9.59 Å². The Balaban J connectivity index is 1.57. The van der Waals surface area contributed by atoms with Crippen LogP contribution >= 0.6 is 23.4 Å². The molecule has 0 saturated carbocycles. The van der Waals surface area contributed by atoms with Crippen molar-refractivity contribution in [3.05, 3.63) is 59.6 Å². The summed E-state index contributed by atoms with van der Waals surface area (Å²) in [6.45, 7) is 3.09. The molecule has 0 aliphatic carbocycles. The molecule has 0 aromatic heterocycles. The number of thioether (sulfide) groups is 1. The van der Waals surface area contributed by atoms with Crippen LogP contribution in [-0.4, -0.2) is 35.1 Å². The van der Waals surface area contributed by atoms with E-state index >= 15 is 0 Å². The number of nitrogens with one attached hydrogen (secondary N) is 1. The highest BCUT2D eigenvalue weighted by molar-refractivity contribution is 8.00. The second kappa shape index (κ2) is 9.29. The van der Waals surface area contributed by atoms with Gasteiger partial charge in [0.05, 0.1) is 11.2 Å². The highest BCUT2D eigenvalue weighted by Crippen LogP contribution is 2.27. The van der Waals surface area contributed by atoms with E-state index < -0.39 is 0 Å². The standard InChI is InChI=1S/C21H23ClN2O2S/c1-15(27-19-11-9-17(22)10-12-19)21(26)24-13-5-6-16(14-24)20(25)23-18-7-3-2-4-8-18/h2-4,7-12,15-16H,5-6,13-14H2,1H3,(H,23,25). The first-order chi connectivity index (χ1) is 13.0. The number of piperidine rings is 1. The summed E-state index contributed by atoms with van der Waals surface area (Å²) in [7, 11) is 0. The van der Waals surface area contributed by atoms with E-state index in [1.165, 1.54) is 11.8 Å². The zero-order valence-corrected chi connectivity index (χ0v) is 16.8. The second-order valence-electron chi connectivity index (χ2n) is 6.69. The third kappa shape index (κ3) is 5.50. The van der Waals surface area contributed by atoms with Crippen LogP contribution in [0.15, 0.2) is 59.5 Å². The lowest BCUT2D eigenvalue weighted by Gasteiger charge is -2.33. The van der Waals surface area contributed by atoms with Gasteiger partial charge in [-0.1, -0.05) is 29.8 Å². The summed E-state index contributed by atoms with van der Waals surface area (Å²) >= 11 is 7.43. The van der Waals surface area contributed by atoms with Gasteiger partial charge < -0.3 is 10.2 Å². The van der Waals surface area contributed by atoms with Crippen molar-refractivity contribution in [3.8, 4) is 0 Å². The zero-order chi connectivity index (χ0) is 19.2. The minimum atomic E-state index is -0.206. The van der Waals surface area contributed by atoms with Gasteiger partial charge in [0.2, 0.25) is 11.8 Å². The first kappa shape index (κ1) is 19.8. The monoisotopic (exact) mass is 402 g/mol. The summed E-state index contributed by atoms with van der Waals surface area (Å²) in [6.07, 6.45) is 1.65. The highest BCUT2D eigenvalue weighted by Gasteiger charge is 2.30. The van der Waals surface area contributed by atoms with Crippen LogP contribution in [0.3, 0.4) is 0 Å². The topological polar surface area (TPSA) is 49.4 Å². The second-order valence-corrected chi connectivity index (χ2v) is 8.54. The van der Waals surface area contributed by atoms with Crippen molar-refractivity contribution in [2.75, 3.05) is 18.4 Å². The van der Waals surface area contributed by atoms with Gasteiger partial charge in [0.1, 0.15) is 0 Å². The third-order valence-corrected chi connectivity index (χ3v) is 5.97. The average Bonchev–Trinajstić information content (AvgIpc) is 2.70. The highest BCUT2D eigenvalue weighted by atomic mass is 35.5. The maximum Gasteiger partial charge on any atom is 0.235 e. The Kier molecular flexibility index (Phi) is 6.80. The number of anilines is 1. The van der Waals surface area contributed by atoms with Crippen LogP contribution in [0.1, 0.15) is 19.8 Å². The van der Waals surface area contributed by atoms with Crippen LogP contribution in [0.25, 0.3) is 0 Å². The van der Waals surface area contributed by atoms with Crippen molar-refractivity contribution in [1.29, 1.82) is 0 Å². The van der Waals surface area contributed by atoms with E-state index in [4.69, 9.17) is 11.6 Å². The molecule has 1 aliphatic heterocycles. The molecule has 0 bridgehead atoms. The largest absolute Gasteiger partial charge is 0.341 e. The molecule has 1 fully saturated rings. The van der Waals surface area contributed by atoms with Crippen molar-refractivity contribution in [2.24, 2.45) is 5.92 Å². The summed E-state index contributed by atoms with van der Waals surface area (Å²) in [6, 6.07) is 16.9. The predicted octanol–water partition coefficient (Wildman–Crippen LogP) is 4.70. The van der Waals surface area contributed by atoms with Gasteiger partial charge in [-0.05, 0) is 56.2 Å². The SMILES string of the molecule is CC(Sc1ccc(Cl)cc1)C(=O)N1CCCC(C(=O)Nc2ccccc2)C1. The molecular weight excluding hydrogens is 380 g/mol. The van der Waals surface area contributed by atoms with Gasteiger partial charge in [-0.2, -0.15) is 0 Å². The van der Waals surface area contributed by atoms with Crippen molar-refractivity contribution in [2.45, 2.75) is 29.9 Å². The Bertz CT molecular complexity index is 783. The first-order valence-electron chi connectivity index (χ1n) is 9.10. The molecule has 2 atom stereocenters. The Hall–Kier alpha value is -1.98. The maximum atomic E-state index is 12.8. The van der Waals surface area contributed by atoms with Crippen LogP contribution in [-0.2, 0) is 9.59 Å². The number of carbonyl (C=O) groups is 2. The van der Waals surface area contributed by atoms with Gasteiger partial charge in [0.25, 0.3) is 0 Å². The van der Waals surface area contributed by atoms with Crippen LogP contribution < -0.4 is 5.32 Å². The molecule has 1 saturated heterocycles. The Morgan fingerprint density at radius 2 is 1.85 bits per heavy atom. The number of benzene rings is 2. The molecule has 1 aliphatic rings. The van der Waals surface area contributed by atoms with Gasteiger partial charge in [0.15, 0.2) is 0 Å². The fourth-order valence-electron chi connectivity index (χ4n) is 3.18. The van der Waals surface area contributed by atoms with E-state index in [1.807, 2.05) is 66.4 Å². The third-order valence-electron chi connectivity index (χ3n) is 4.62. The number of para-hydroxylation sites is 1. The molecule has 0 radical (unpaired) electrons. The summed E-state index contributed by atoms with van der Waals surface area (Å²) in [5.41, 5.74) is 0.789.